The first-order chi connectivity index (χ1) is 9.60. The lowest BCUT2D eigenvalue weighted by Crippen LogP contribution is -2.23. The number of aryl methyl sites for hydroxylation is 2. The summed E-state index contributed by atoms with van der Waals surface area (Å²) in [5, 5.41) is 3.61. The largest absolute Gasteiger partial charge is 0.310 e. The van der Waals surface area contributed by atoms with E-state index in [2.05, 4.69) is 84.5 Å². The van der Waals surface area contributed by atoms with E-state index in [0.717, 1.165) is 13.0 Å². The molecule has 0 saturated carbocycles. The first-order valence-electron chi connectivity index (χ1n) is 7.15. The molecule has 0 fully saturated rings. The van der Waals surface area contributed by atoms with Crippen LogP contribution in [0.2, 0.25) is 0 Å². The van der Waals surface area contributed by atoms with E-state index in [1.54, 1.807) is 0 Å². The van der Waals surface area contributed by atoms with E-state index in [0.29, 0.717) is 6.04 Å². The molecule has 0 aliphatic heterocycles. The molecule has 0 bridgehead atoms. The van der Waals surface area contributed by atoms with Gasteiger partial charge >= 0.3 is 0 Å². The Bertz CT molecular complexity index is 557. The van der Waals surface area contributed by atoms with Crippen molar-refractivity contribution in [3.05, 3.63) is 69.2 Å². The number of rotatable bonds is 5. The Balaban J connectivity index is 2.29. The van der Waals surface area contributed by atoms with Crippen molar-refractivity contribution >= 4 is 15.9 Å². The fraction of sp³-hybridized carbons (Fsp3) is 0.333. The second-order valence-corrected chi connectivity index (χ2v) is 6.18. The average molecular weight is 332 g/mol. The number of halogens is 1. The van der Waals surface area contributed by atoms with E-state index in [-0.39, 0.29) is 0 Å². The summed E-state index contributed by atoms with van der Waals surface area (Å²) in [5.74, 6) is 0. The van der Waals surface area contributed by atoms with Gasteiger partial charge in [0.2, 0.25) is 0 Å². The lowest BCUT2D eigenvalue weighted by molar-refractivity contribution is 0.548. The normalized spacial score (nSPS) is 12.4. The van der Waals surface area contributed by atoms with Gasteiger partial charge in [0.25, 0.3) is 0 Å². The third-order valence-corrected chi connectivity index (χ3v) is 4.25. The van der Waals surface area contributed by atoms with E-state index < -0.39 is 0 Å². The van der Waals surface area contributed by atoms with Gasteiger partial charge in [-0.3, -0.25) is 0 Å². The molecule has 2 aromatic carbocycles. The fourth-order valence-electron chi connectivity index (χ4n) is 2.65. The molecule has 0 aliphatic rings. The molecule has 20 heavy (non-hydrogen) atoms. The summed E-state index contributed by atoms with van der Waals surface area (Å²) >= 11 is 3.65. The van der Waals surface area contributed by atoms with Crippen LogP contribution in [0.5, 0.6) is 0 Å². The van der Waals surface area contributed by atoms with Gasteiger partial charge in [0.1, 0.15) is 0 Å². The van der Waals surface area contributed by atoms with Gasteiger partial charge in [0.05, 0.1) is 0 Å². The Hall–Kier alpha value is -1.12. The molecule has 0 radical (unpaired) electrons. The average Bonchev–Trinajstić information content (AvgIpc) is 2.39. The molecule has 2 rings (SSSR count). The first-order valence-corrected chi connectivity index (χ1v) is 7.94. The molecule has 106 valence electrons. The molecule has 0 amide bonds. The highest BCUT2D eigenvalue weighted by atomic mass is 79.9. The maximum Gasteiger partial charge on any atom is 0.0361 e. The lowest BCUT2D eigenvalue weighted by atomic mass is 9.96. The summed E-state index contributed by atoms with van der Waals surface area (Å²) < 4.78 is 1.19. The number of benzene rings is 2. The summed E-state index contributed by atoms with van der Waals surface area (Å²) in [6, 6.07) is 15.6. The van der Waals surface area contributed by atoms with Crippen molar-refractivity contribution < 1.29 is 0 Å². The summed E-state index contributed by atoms with van der Waals surface area (Å²) in [4.78, 5) is 0. The van der Waals surface area contributed by atoms with Crippen molar-refractivity contribution in [1.29, 1.82) is 0 Å². The van der Waals surface area contributed by atoms with Crippen LogP contribution in [-0.2, 0) is 6.42 Å². The Morgan fingerprint density at radius 1 is 1.05 bits per heavy atom. The van der Waals surface area contributed by atoms with Crippen LogP contribution in [0.4, 0.5) is 0 Å². The molecule has 1 atom stereocenters. The summed E-state index contributed by atoms with van der Waals surface area (Å²) in [5.41, 5.74) is 5.38. The molecule has 1 nitrogen and oxygen atoms in total. The van der Waals surface area contributed by atoms with Crippen LogP contribution in [-0.4, -0.2) is 6.54 Å². The maximum atomic E-state index is 3.65. The van der Waals surface area contributed by atoms with Gasteiger partial charge < -0.3 is 5.32 Å². The standard InChI is InChI=1S/C18H22BrN/c1-4-20-18(12-15-7-5-6-8-17(15)19)16-10-13(2)9-14(3)11-16/h5-11,18,20H,4,12H2,1-3H3. The highest BCUT2D eigenvalue weighted by Crippen LogP contribution is 2.25. The van der Waals surface area contributed by atoms with Crippen molar-refractivity contribution in [2.24, 2.45) is 0 Å². The minimum atomic E-state index is 0.359. The van der Waals surface area contributed by atoms with Crippen LogP contribution in [0, 0.1) is 13.8 Å². The zero-order chi connectivity index (χ0) is 14.5. The SMILES string of the molecule is CCNC(Cc1ccccc1Br)c1cc(C)cc(C)c1. The van der Waals surface area contributed by atoms with Gasteiger partial charge in [-0.1, -0.05) is 70.4 Å². The third kappa shape index (κ3) is 3.94. The smallest absolute Gasteiger partial charge is 0.0361 e. The van der Waals surface area contributed by atoms with E-state index >= 15 is 0 Å². The van der Waals surface area contributed by atoms with Crippen LogP contribution >= 0.6 is 15.9 Å². The van der Waals surface area contributed by atoms with Crippen LogP contribution in [0.15, 0.2) is 46.9 Å². The van der Waals surface area contributed by atoms with Crippen LogP contribution in [0.1, 0.15) is 35.2 Å². The predicted octanol–water partition coefficient (Wildman–Crippen LogP) is 4.96. The van der Waals surface area contributed by atoms with E-state index in [9.17, 15) is 0 Å². The van der Waals surface area contributed by atoms with Gasteiger partial charge in [-0.2, -0.15) is 0 Å². The molecule has 0 spiro atoms. The molecular weight excluding hydrogens is 310 g/mol. The second-order valence-electron chi connectivity index (χ2n) is 5.33. The summed E-state index contributed by atoms with van der Waals surface area (Å²) in [6.07, 6.45) is 0.998. The number of nitrogens with one attached hydrogen (secondary N) is 1. The molecule has 2 heteroatoms. The van der Waals surface area contributed by atoms with Gasteiger partial charge in [-0.05, 0) is 44.0 Å². The topological polar surface area (TPSA) is 12.0 Å². The quantitative estimate of drug-likeness (QED) is 0.816. The van der Waals surface area contributed by atoms with Crippen molar-refractivity contribution in [3.63, 3.8) is 0 Å². The van der Waals surface area contributed by atoms with Crippen molar-refractivity contribution in [2.75, 3.05) is 6.54 Å². The van der Waals surface area contributed by atoms with Crippen LogP contribution in [0.25, 0.3) is 0 Å². The highest BCUT2D eigenvalue weighted by Gasteiger charge is 2.13. The molecule has 0 aromatic heterocycles. The van der Waals surface area contributed by atoms with E-state index in [4.69, 9.17) is 0 Å². The fourth-order valence-corrected chi connectivity index (χ4v) is 3.10. The zero-order valence-electron chi connectivity index (χ0n) is 12.4. The Morgan fingerprint density at radius 3 is 2.30 bits per heavy atom. The van der Waals surface area contributed by atoms with Gasteiger partial charge in [0, 0.05) is 10.5 Å². The molecular formula is C18H22BrN. The number of hydrogen-bond acceptors (Lipinski definition) is 1. The van der Waals surface area contributed by atoms with Gasteiger partial charge in [-0.15, -0.1) is 0 Å². The lowest BCUT2D eigenvalue weighted by Gasteiger charge is -2.20. The summed E-state index contributed by atoms with van der Waals surface area (Å²) in [6.45, 7) is 7.47. The second kappa shape index (κ2) is 7.05. The van der Waals surface area contributed by atoms with E-state index in [1.807, 2.05) is 0 Å². The van der Waals surface area contributed by atoms with Gasteiger partial charge in [-0.25, -0.2) is 0 Å². The first kappa shape index (κ1) is 15.3. The Labute approximate surface area is 130 Å². The monoisotopic (exact) mass is 331 g/mol. The Kier molecular flexibility index (Phi) is 5.38. The van der Waals surface area contributed by atoms with Crippen molar-refractivity contribution in [1.82, 2.24) is 5.32 Å². The van der Waals surface area contributed by atoms with Crippen molar-refractivity contribution in [3.8, 4) is 0 Å². The molecule has 0 heterocycles. The maximum absolute atomic E-state index is 3.65. The summed E-state index contributed by atoms with van der Waals surface area (Å²) in [7, 11) is 0. The van der Waals surface area contributed by atoms with E-state index in [1.165, 1.54) is 26.7 Å². The van der Waals surface area contributed by atoms with Crippen molar-refractivity contribution in [2.45, 2.75) is 33.2 Å². The minimum Gasteiger partial charge on any atom is -0.310 e. The molecule has 1 unspecified atom stereocenters. The highest BCUT2D eigenvalue weighted by molar-refractivity contribution is 9.10. The molecule has 0 aliphatic carbocycles. The van der Waals surface area contributed by atoms with Crippen LogP contribution < -0.4 is 5.32 Å². The molecule has 1 N–H and O–H groups in total. The Morgan fingerprint density at radius 2 is 1.70 bits per heavy atom. The molecule has 2 aromatic rings. The van der Waals surface area contributed by atoms with Crippen LogP contribution in [0.3, 0.4) is 0 Å². The predicted molar refractivity (Wildman–Crippen MR) is 90.2 cm³/mol. The molecule has 0 saturated heterocycles. The third-order valence-electron chi connectivity index (χ3n) is 3.48. The number of hydrogen-bond donors (Lipinski definition) is 1. The minimum absolute atomic E-state index is 0.359. The van der Waals surface area contributed by atoms with Gasteiger partial charge in [0.15, 0.2) is 0 Å². The zero-order valence-corrected chi connectivity index (χ0v) is 14.0. The number of likely N-dealkylation sites (N-methyl/N-ethyl adjacent to an activating group) is 1.